The number of hydrogen-bond acceptors (Lipinski definition) is 9. The maximum absolute atomic E-state index is 13.8. The molecule has 0 saturated carbocycles. The Labute approximate surface area is 264 Å². The van der Waals surface area contributed by atoms with Crippen LogP contribution in [0.1, 0.15) is 65.0 Å². The normalized spacial score (nSPS) is 15.7. The number of primary amides is 1. The highest BCUT2D eigenvalue weighted by Gasteiger charge is 2.42. The van der Waals surface area contributed by atoms with Crippen molar-refractivity contribution >= 4 is 47.5 Å². The summed E-state index contributed by atoms with van der Waals surface area (Å²) >= 11 is 1.24. The molecule has 1 aromatic rings. The van der Waals surface area contributed by atoms with Gasteiger partial charge in [-0.05, 0) is 48.5 Å². The van der Waals surface area contributed by atoms with Gasteiger partial charge in [0.2, 0.25) is 23.6 Å². The number of thioether (sulfide) groups is 1. The van der Waals surface area contributed by atoms with Crippen LogP contribution in [0.4, 0.5) is 0 Å². The number of nitrogens with one attached hydrogen (secondary N) is 3. The van der Waals surface area contributed by atoms with E-state index in [9.17, 15) is 28.8 Å². The van der Waals surface area contributed by atoms with Crippen molar-refractivity contribution in [2.45, 2.75) is 96.9 Å². The number of amides is 4. The Morgan fingerprint density at radius 3 is 2.05 bits per heavy atom. The van der Waals surface area contributed by atoms with Crippen molar-refractivity contribution in [2.24, 2.45) is 28.5 Å². The molecule has 0 aliphatic carbocycles. The highest BCUT2D eigenvalue weighted by atomic mass is 32.2. The number of rotatable bonds is 18. The van der Waals surface area contributed by atoms with Crippen LogP contribution >= 0.6 is 11.8 Å². The molecule has 0 heterocycles. The zero-order chi connectivity index (χ0) is 33.8. The second-order valence-electron chi connectivity index (χ2n) is 12.8. The zero-order valence-electron chi connectivity index (χ0n) is 26.9. The van der Waals surface area contributed by atoms with Crippen molar-refractivity contribution in [3.05, 3.63) is 35.4 Å². The summed E-state index contributed by atoms with van der Waals surface area (Å²) in [6.45, 7) is 10.9. The van der Waals surface area contributed by atoms with Gasteiger partial charge in [0.1, 0.15) is 23.9 Å². The first kappa shape index (κ1) is 38.7. The molecule has 9 N–H and O–H groups in total. The van der Waals surface area contributed by atoms with Crippen LogP contribution in [0.25, 0.3) is 0 Å². The lowest BCUT2D eigenvalue weighted by atomic mass is 9.84. The second kappa shape index (κ2) is 17.3. The van der Waals surface area contributed by atoms with Crippen LogP contribution < -0.4 is 33.2 Å². The third-order valence-corrected chi connectivity index (χ3v) is 7.93. The van der Waals surface area contributed by atoms with E-state index >= 15 is 0 Å². The van der Waals surface area contributed by atoms with Crippen molar-refractivity contribution in [3.8, 4) is 0 Å². The molecule has 0 aromatic heterocycles. The summed E-state index contributed by atoms with van der Waals surface area (Å²) in [7, 11) is 0. The van der Waals surface area contributed by atoms with Crippen LogP contribution in [0.2, 0.25) is 0 Å². The highest BCUT2D eigenvalue weighted by molar-refractivity contribution is 7.98. The first-order chi connectivity index (χ1) is 20.4. The summed E-state index contributed by atoms with van der Waals surface area (Å²) < 4.78 is 0. The van der Waals surface area contributed by atoms with Crippen LogP contribution in [-0.2, 0) is 35.2 Å². The smallest absolute Gasteiger partial charge is 0.243 e. The Hall–Kier alpha value is -3.29. The third kappa shape index (κ3) is 12.0. The molecule has 13 heteroatoms. The molecule has 12 nitrogen and oxygen atoms in total. The van der Waals surface area contributed by atoms with Crippen molar-refractivity contribution in [2.75, 3.05) is 12.0 Å². The Kier molecular flexibility index (Phi) is 15.2. The molecule has 1 unspecified atom stereocenters. The molecule has 0 aliphatic heterocycles. The van der Waals surface area contributed by atoms with Crippen LogP contribution in [0, 0.1) is 18.3 Å². The van der Waals surface area contributed by atoms with Gasteiger partial charge >= 0.3 is 0 Å². The number of Topliss-reactive ketones (excluding diaryl/α,β-unsaturated/α-hetero) is 1. The first-order valence-electron chi connectivity index (χ1n) is 14.6. The Morgan fingerprint density at radius 1 is 0.955 bits per heavy atom. The van der Waals surface area contributed by atoms with Gasteiger partial charge in [0.25, 0.3) is 0 Å². The lowest BCUT2D eigenvalue weighted by molar-refractivity contribution is -0.137. The van der Waals surface area contributed by atoms with Crippen LogP contribution in [0.5, 0.6) is 0 Å². The minimum atomic E-state index is -1.79. The number of aldehydes is 1. The minimum Gasteiger partial charge on any atom is -0.370 e. The maximum atomic E-state index is 13.8. The quantitative estimate of drug-likeness (QED) is 0.0978. The standard InChI is InChI=1S/C31H50N6O6S/c1-18(2)14-22(26(40)31(34,16-38)17-44-7)35-29(43)25(30(4,5)6)37-28(42)23(15-20-11-9-8-10-19(20)3)36-27(41)21(32)12-13-24(33)39/h8-11,16,18,21-23,25H,12-15,17,32,34H2,1-7H3,(H2,33,39)(H,35,43)(H,36,41)(H,37,42)/t21-,22-,23-,25+,31?/m0/s1. The van der Waals surface area contributed by atoms with Crippen molar-refractivity contribution in [1.29, 1.82) is 0 Å². The van der Waals surface area contributed by atoms with Gasteiger partial charge < -0.3 is 37.9 Å². The molecule has 1 aromatic carbocycles. The highest BCUT2D eigenvalue weighted by Crippen LogP contribution is 2.22. The SMILES string of the molecule is CSCC(N)(C=O)C(=O)[C@H](CC(C)C)NC(=O)[C@@H](NC(=O)[C@H](Cc1ccccc1C)NC(=O)[C@@H](N)CCC(N)=O)C(C)(C)C. The molecule has 0 aliphatic rings. The molecule has 1 rings (SSSR count). The van der Waals surface area contributed by atoms with E-state index in [1.54, 1.807) is 27.0 Å². The van der Waals surface area contributed by atoms with Gasteiger partial charge in [-0.1, -0.05) is 58.9 Å². The lowest BCUT2D eigenvalue weighted by Gasteiger charge is -2.34. The maximum Gasteiger partial charge on any atom is 0.243 e. The van der Waals surface area contributed by atoms with E-state index in [0.717, 1.165) is 11.1 Å². The van der Waals surface area contributed by atoms with E-state index in [4.69, 9.17) is 17.2 Å². The van der Waals surface area contributed by atoms with Gasteiger partial charge in [-0.15, -0.1) is 0 Å². The third-order valence-electron chi connectivity index (χ3n) is 7.16. The summed E-state index contributed by atoms with van der Waals surface area (Å²) in [4.78, 5) is 76.9. The van der Waals surface area contributed by atoms with Gasteiger partial charge in [0.05, 0.1) is 12.1 Å². The van der Waals surface area contributed by atoms with E-state index < -0.39 is 64.5 Å². The summed E-state index contributed by atoms with van der Waals surface area (Å²) in [5.41, 5.74) is 16.4. The number of hydrogen-bond donors (Lipinski definition) is 6. The summed E-state index contributed by atoms with van der Waals surface area (Å²) in [5, 5.41) is 8.18. The van der Waals surface area contributed by atoms with Crippen LogP contribution in [0.3, 0.4) is 0 Å². The summed E-state index contributed by atoms with van der Waals surface area (Å²) in [5.74, 6) is -3.14. The van der Waals surface area contributed by atoms with E-state index in [-0.39, 0.29) is 37.4 Å². The fourth-order valence-corrected chi connectivity index (χ4v) is 5.27. The second-order valence-corrected chi connectivity index (χ2v) is 13.6. The van der Waals surface area contributed by atoms with Crippen LogP contribution in [0.15, 0.2) is 24.3 Å². The monoisotopic (exact) mass is 634 g/mol. The summed E-state index contributed by atoms with van der Waals surface area (Å²) in [6.07, 6.45) is 2.35. The van der Waals surface area contributed by atoms with Gasteiger partial charge in [-0.2, -0.15) is 11.8 Å². The minimum absolute atomic E-state index is 0.00186. The zero-order valence-corrected chi connectivity index (χ0v) is 27.7. The average Bonchev–Trinajstić information content (AvgIpc) is 2.93. The van der Waals surface area contributed by atoms with Crippen LogP contribution in [-0.4, -0.2) is 77.4 Å². The number of ketones is 1. The molecule has 5 atom stereocenters. The average molecular weight is 635 g/mol. The number of carbonyl (C=O) groups excluding carboxylic acids is 6. The van der Waals surface area contributed by atoms with Gasteiger partial charge in [0.15, 0.2) is 5.78 Å². The molecule has 44 heavy (non-hydrogen) atoms. The fraction of sp³-hybridized carbons (Fsp3) is 0.613. The largest absolute Gasteiger partial charge is 0.370 e. The molecule has 4 amide bonds. The fourth-order valence-electron chi connectivity index (χ4n) is 4.58. The summed E-state index contributed by atoms with van der Waals surface area (Å²) in [6, 6.07) is 2.93. The Morgan fingerprint density at radius 2 is 1.55 bits per heavy atom. The van der Waals surface area contributed by atoms with Crippen molar-refractivity contribution < 1.29 is 28.8 Å². The van der Waals surface area contributed by atoms with Gasteiger partial charge in [0, 0.05) is 18.6 Å². The van der Waals surface area contributed by atoms with Gasteiger partial charge in [-0.25, -0.2) is 0 Å². The molecule has 246 valence electrons. The first-order valence-corrected chi connectivity index (χ1v) is 16.0. The predicted molar refractivity (Wildman–Crippen MR) is 172 cm³/mol. The number of carbonyl (C=O) groups is 6. The Balaban J connectivity index is 3.36. The van der Waals surface area contributed by atoms with E-state index in [0.29, 0.717) is 6.29 Å². The molecule has 0 radical (unpaired) electrons. The predicted octanol–water partition coefficient (Wildman–Crippen LogP) is 0.505. The van der Waals surface area contributed by atoms with E-state index in [1.807, 2.05) is 45.0 Å². The molecule has 0 saturated heterocycles. The van der Waals surface area contributed by atoms with E-state index in [2.05, 4.69) is 16.0 Å². The van der Waals surface area contributed by atoms with Crippen molar-refractivity contribution in [3.63, 3.8) is 0 Å². The topological polar surface area (TPSA) is 217 Å². The Bertz CT molecular complexity index is 1190. The lowest BCUT2D eigenvalue weighted by Crippen LogP contribution is -2.64. The number of nitrogens with two attached hydrogens (primary N) is 3. The molecule has 0 fully saturated rings. The molecular formula is C31H50N6O6S. The van der Waals surface area contributed by atoms with Crippen molar-refractivity contribution in [1.82, 2.24) is 16.0 Å². The van der Waals surface area contributed by atoms with Gasteiger partial charge in [-0.3, -0.25) is 24.0 Å². The number of aryl methyl sites for hydroxylation is 1. The molecule has 0 bridgehead atoms. The molecular weight excluding hydrogens is 584 g/mol. The number of benzene rings is 1. The molecule has 0 spiro atoms. The van der Waals surface area contributed by atoms with E-state index in [1.165, 1.54) is 11.8 Å².